The Hall–Kier alpha value is -2.01. The molecule has 0 saturated carbocycles. The fraction of sp³-hybridized carbons (Fsp3) is 0.471. The lowest BCUT2D eigenvalue weighted by atomic mass is 10.0. The predicted molar refractivity (Wildman–Crippen MR) is 85.6 cm³/mol. The molecule has 0 aliphatic carbocycles. The topological polar surface area (TPSA) is 66.5 Å². The number of hydrogen-bond acceptors (Lipinski definition) is 4. The molecule has 1 unspecified atom stereocenters. The molecule has 1 N–H and O–H groups in total. The molecule has 2 amide bonds. The van der Waals surface area contributed by atoms with E-state index in [1.54, 1.807) is 6.07 Å². The number of aryl methyl sites for hydroxylation is 1. The van der Waals surface area contributed by atoms with Gasteiger partial charge < -0.3 is 0 Å². The predicted octanol–water partition coefficient (Wildman–Crippen LogP) is 2.07. The Labute approximate surface area is 131 Å². The van der Waals surface area contributed by atoms with Gasteiger partial charge in [-0.1, -0.05) is 37.6 Å². The van der Waals surface area contributed by atoms with Crippen LogP contribution in [0.4, 0.5) is 0 Å². The second kappa shape index (κ2) is 8.44. The second-order valence-corrected chi connectivity index (χ2v) is 5.20. The van der Waals surface area contributed by atoms with Crippen LogP contribution in [0.15, 0.2) is 18.2 Å². The fourth-order valence-electron chi connectivity index (χ4n) is 2.47. The molecule has 0 spiro atoms. The lowest BCUT2D eigenvalue weighted by molar-refractivity contribution is -0.137. The van der Waals surface area contributed by atoms with Gasteiger partial charge in [0.05, 0.1) is 6.04 Å². The molecule has 1 saturated heterocycles. The van der Waals surface area contributed by atoms with E-state index in [-0.39, 0.29) is 17.9 Å². The highest BCUT2D eigenvalue weighted by atomic mass is 16.2. The van der Waals surface area contributed by atoms with Crippen molar-refractivity contribution in [2.75, 3.05) is 7.05 Å². The number of amides is 2. The summed E-state index contributed by atoms with van der Waals surface area (Å²) in [6.45, 7) is 6.46. The third-order valence-corrected chi connectivity index (χ3v) is 3.59. The highest BCUT2D eigenvalue weighted by molar-refractivity contribution is 6.00. The lowest BCUT2D eigenvalue weighted by Crippen LogP contribution is -2.51. The summed E-state index contributed by atoms with van der Waals surface area (Å²) in [6, 6.07) is 5.30. The van der Waals surface area contributed by atoms with E-state index in [4.69, 9.17) is 0 Å². The Morgan fingerprint density at radius 3 is 2.59 bits per heavy atom. The lowest BCUT2D eigenvalue weighted by Gasteiger charge is -2.30. The molecule has 0 aromatic heterocycles. The van der Waals surface area contributed by atoms with Crippen LogP contribution in [0.2, 0.25) is 0 Å². The van der Waals surface area contributed by atoms with Crippen LogP contribution in [0.1, 0.15) is 48.2 Å². The number of carbonyl (C=O) groups is 3. The van der Waals surface area contributed by atoms with Crippen LogP contribution in [-0.2, 0) is 16.1 Å². The summed E-state index contributed by atoms with van der Waals surface area (Å²) >= 11 is 0. The van der Waals surface area contributed by atoms with E-state index < -0.39 is 0 Å². The van der Waals surface area contributed by atoms with Crippen molar-refractivity contribution in [3.8, 4) is 0 Å². The normalized spacial score (nSPS) is 17.6. The number of piperidine rings is 1. The van der Waals surface area contributed by atoms with Crippen molar-refractivity contribution in [2.45, 2.75) is 46.2 Å². The molecule has 1 atom stereocenters. The van der Waals surface area contributed by atoms with Gasteiger partial charge in [-0.25, -0.2) is 0 Å². The van der Waals surface area contributed by atoms with Crippen LogP contribution in [-0.4, -0.2) is 36.1 Å². The standard InChI is InChI=1S/C15H18N2O3.C2H6/c1-10-3-4-11(9-18)12(7-10)8-17(2)13-5-6-14(19)16-15(13)20;1-2/h3-4,7,9,13H,5-6,8H2,1-2H3,(H,16,19,20);1-2H3. The van der Waals surface area contributed by atoms with Crippen molar-refractivity contribution in [3.05, 3.63) is 34.9 Å². The summed E-state index contributed by atoms with van der Waals surface area (Å²) in [7, 11) is 1.83. The van der Waals surface area contributed by atoms with Gasteiger partial charge in [0.2, 0.25) is 11.8 Å². The smallest absolute Gasteiger partial charge is 0.243 e. The molecule has 1 heterocycles. The van der Waals surface area contributed by atoms with Gasteiger partial charge in [-0.05, 0) is 26.0 Å². The highest BCUT2D eigenvalue weighted by Crippen LogP contribution is 2.17. The van der Waals surface area contributed by atoms with Gasteiger partial charge in [0, 0.05) is 18.5 Å². The average Bonchev–Trinajstić information content (AvgIpc) is 2.49. The monoisotopic (exact) mass is 304 g/mol. The van der Waals surface area contributed by atoms with E-state index in [1.807, 2.05) is 44.9 Å². The van der Waals surface area contributed by atoms with Crippen LogP contribution < -0.4 is 5.32 Å². The largest absolute Gasteiger partial charge is 0.298 e. The summed E-state index contributed by atoms with van der Waals surface area (Å²) in [5, 5.41) is 2.35. The van der Waals surface area contributed by atoms with E-state index in [0.717, 1.165) is 17.4 Å². The second-order valence-electron chi connectivity index (χ2n) is 5.20. The molecular weight excluding hydrogens is 280 g/mol. The molecule has 0 radical (unpaired) electrons. The summed E-state index contributed by atoms with van der Waals surface area (Å²) in [5.41, 5.74) is 2.60. The van der Waals surface area contributed by atoms with Crippen LogP contribution in [0.25, 0.3) is 0 Å². The van der Waals surface area contributed by atoms with Crippen LogP contribution in [0.3, 0.4) is 0 Å². The zero-order chi connectivity index (χ0) is 16.7. The number of aldehydes is 1. The minimum atomic E-state index is -0.326. The molecule has 5 nitrogen and oxygen atoms in total. The molecule has 0 bridgehead atoms. The van der Waals surface area contributed by atoms with E-state index in [9.17, 15) is 14.4 Å². The van der Waals surface area contributed by atoms with Crippen LogP contribution in [0.5, 0.6) is 0 Å². The van der Waals surface area contributed by atoms with E-state index >= 15 is 0 Å². The maximum atomic E-state index is 11.8. The Morgan fingerprint density at radius 1 is 1.32 bits per heavy atom. The van der Waals surface area contributed by atoms with Gasteiger partial charge in [0.1, 0.15) is 6.29 Å². The molecule has 1 aliphatic heterocycles. The van der Waals surface area contributed by atoms with Gasteiger partial charge in [-0.3, -0.25) is 24.6 Å². The first kappa shape index (κ1) is 18.0. The Morgan fingerprint density at radius 2 is 2.00 bits per heavy atom. The highest BCUT2D eigenvalue weighted by Gasteiger charge is 2.29. The van der Waals surface area contributed by atoms with Crippen molar-refractivity contribution in [1.82, 2.24) is 10.2 Å². The van der Waals surface area contributed by atoms with Crippen molar-refractivity contribution in [1.29, 1.82) is 0 Å². The van der Waals surface area contributed by atoms with Crippen molar-refractivity contribution >= 4 is 18.1 Å². The van der Waals surface area contributed by atoms with Crippen molar-refractivity contribution in [2.24, 2.45) is 0 Å². The first-order chi connectivity index (χ1) is 10.5. The van der Waals surface area contributed by atoms with Gasteiger partial charge in [-0.15, -0.1) is 0 Å². The van der Waals surface area contributed by atoms with E-state index in [1.165, 1.54) is 0 Å². The molecule has 1 aromatic carbocycles. The number of benzene rings is 1. The molecule has 1 aliphatic rings. The number of rotatable bonds is 4. The number of carbonyl (C=O) groups excluding carboxylic acids is 3. The Bertz CT molecular complexity index is 555. The Kier molecular flexibility index (Phi) is 6.92. The minimum Gasteiger partial charge on any atom is -0.298 e. The molecule has 5 heteroatoms. The van der Waals surface area contributed by atoms with E-state index in [0.29, 0.717) is 24.9 Å². The first-order valence-electron chi connectivity index (χ1n) is 7.60. The fourth-order valence-corrected chi connectivity index (χ4v) is 2.47. The van der Waals surface area contributed by atoms with Crippen molar-refractivity contribution < 1.29 is 14.4 Å². The number of nitrogens with one attached hydrogen (secondary N) is 1. The zero-order valence-corrected chi connectivity index (χ0v) is 13.7. The third-order valence-electron chi connectivity index (χ3n) is 3.59. The number of hydrogen-bond donors (Lipinski definition) is 1. The summed E-state index contributed by atoms with van der Waals surface area (Å²) in [4.78, 5) is 35.9. The van der Waals surface area contributed by atoms with Crippen molar-refractivity contribution in [3.63, 3.8) is 0 Å². The number of imide groups is 1. The average molecular weight is 304 g/mol. The third kappa shape index (κ3) is 4.49. The first-order valence-corrected chi connectivity index (χ1v) is 7.60. The maximum Gasteiger partial charge on any atom is 0.243 e. The Balaban J connectivity index is 0.00000116. The molecule has 2 rings (SSSR count). The summed E-state index contributed by atoms with van der Waals surface area (Å²) < 4.78 is 0. The van der Waals surface area contributed by atoms with Gasteiger partial charge >= 0.3 is 0 Å². The maximum absolute atomic E-state index is 11.8. The van der Waals surface area contributed by atoms with Gasteiger partial charge in [0.15, 0.2) is 0 Å². The number of likely N-dealkylation sites (N-methyl/N-ethyl adjacent to an activating group) is 1. The molecule has 120 valence electrons. The minimum absolute atomic E-state index is 0.219. The zero-order valence-electron chi connectivity index (χ0n) is 13.7. The van der Waals surface area contributed by atoms with Crippen LogP contribution >= 0.6 is 0 Å². The van der Waals surface area contributed by atoms with E-state index in [2.05, 4.69) is 5.32 Å². The quantitative estimate of drug-likeness (QED) is 0.683. The molecule has 22 heavy (non-hydrogen) atoms. The summed E-state index contributed by atoms with van der Waals surface area (Å²) in [5.74, 6) is -0.479. The molecular formula is C17H24N2O3. The van der Waals surface area contributed by atoms with Crippen LogP contribution in [0, 0.1) is 6.92 Å². The molecule has 1 aromatic rings. The SMILES string of the molecule is CC.Cc1ccc(C=O)c(CN(C)C2CCC(=O)NC2=O)c1. The molecule has 1 fully saturated rings. The summed E-state index contributed by atoms with van der Waals surface area (Å²) in [6.07, 6.45) is 1.70. The van der Waals surface area contributed by atoms with Gasteiger partial charge in [0.25, 0.3) is 0 Å². The number of nitrogens with zero attached hydrogens (tertiary/aromatic N) is 1. The van der Waals surface area contributed by atoms with Gasteiger partial charge in [-0.2, -0.15) is 0 Å².